The molecule has 0 spiro atoms. The predicted molar refractivity (Wildman–Crippen MR) is 117 cm³/mol. The highest BCUT2D eigenvalue weighted by molar-refractivity contribution is 5.69. The number of pyridine rings is 1. The lowest BCUT2D eigenvalue weighted by molar-refractivity contribution is -0.0353. The lowest BCUT2D eigenvalue weighted by atomic mass is 9.70. The molecule has 4 heterocycles. The summed E-state index contributed by atoms with van der Waals surface area (Å²) in [5.74, 6) is 0.0112. The monoisotopic (exact) mass is 423 g/mol. The molecule has 2 bridgehead atoms. The topological polar surface area (TPSA) is 54.5 Å². The van der Waals surface area contributed by atoms with E-state index in [0.29, 0.717) is 5.92 Å². The highest BCUT2D eigenvalue weighted by Gasteiger charge is 2.40. The van der Waals surface area contributed by atoms with Crippen LogP contribution >= 0.6 is 0 Å². The van der Waals surface area contributed by atoms with E-state index in [4.69, 9.17) is 4.74 Å². The highest BCUT2D eigenvalue weighted by Crippen LogP contribution is 2.44. The number of hydrogen-bond donors (Lipinski definition) is 1. The number of carbonyl (C=O) groups is 1. The Morgan fingerprint density at radius 1 is 1.19 bits per heavy atom. The second kappa shape index (κ2) is 7.90. The summed E-state index contributed by atoms with van der Waals surface area (Å²) >= 11 is 0. The van der Waals surface area contributed by atoms with Crippen LogP contribution in [0.2, 0.25) is 0 Å². The lowest BCUT2D eigenvalue weighted by Crippen LogP contribution is -2.53. The summed E-state index contributed by atoms with van der Waals surface area (Å²) in [6, 6.07) is 9.35. The molecule has 2 aromatic rings. The number of ether oxygens (including phenoxy) is 1. The highest BCUT2D eigenvalue weighted by atomic mass is 19.1. The van der Waals surface area contributed by atoms with Gasteiger partial charge >= 0.3 is 6.09 Å². The molecule has 6 heteroatoms. The van der Waals surface area contributed by atoms with Crippen molar-refractivity contribution in [3.05, 3.63) is 53.6 Å². The molecule has 0 radical (unpaired) electrons. The number of alkyl carbamates (subject to hydrolysis) is 1. The van der Waals surface area contributed by atoms with Crippen molar-refractivity contribution in [3.63, 3.8) is 0 Å². The third-order valence-corrected chi connectivity index (χ3v) is 7.45. The molecule has 3 saturated heterocycles. The minimum absolute atomic E-state index is 0.00219. The third kappa shape index (κ3) is 4.05. The van der Waals surface area contributed by atoms with Crippen molar-refractivity contribution in [2.75, 3.05) is 19.6 Å². The van der Waals surface area contributed by atoms with Gasteiger partial charge in [-0.15, -0.1) is 0 Å². The molecule has 1 amide bonds. The summed E-state index contributed by atoms with van der Waals surface area (Å²) < 4.78 is 19.5. The summed E-state index contributed by atoms with van der Waals surface area (Å²) in [4.78, 5) is 18.9. The van der Waals surface area contributed by atoms with Gasteiger partial charge in [-0.2, -0.15) is 4.39 Å². The van der Waals surface area contributed by atoms with Crippen LogP contribution in [0.15, 0.2) is 36.5 Å². The van der Waals surface area contributed by atoms with Gasteiger partial charge in [-0.1, -0.05) is 32.0 Å². The summed E-state index contributed by atoms with van der Waals surface area (Å²) in [7, 11) is 0. The molecule has 3 aliphatic heterocycles. The van der Waals surface area contributed by atoms with Crippen LogP contribution in [-0.2, 0) is 11.2 Å². The molecule has 1 unspecified atom stereocenters. The molecule has 0 saturated carbocycles. The molecule has 4 aliphatic rings. The van der Waals surface area contributed by atoms with Gasteiger partial charge in [0.15, 0.2) is 0 Å². The Morgan fingerprint density at radius 3 is 2.68 bits per heavy atom. The van der Waals surface area contributed by atoms with E-state index in [1.165, 1.54) is 17.8 Å². The molecule has 5 nitrogen and oxygen atoms in total. The Kier molecular flexibility index (Phi) is 5.21. The van der Waals surface area contributed by atoms with E-state index in [-0.39, 0.29) is 23.7 Å². The van der Waals surface area contributed by atoms with E-state index in [0.717, 1.165) is 62.0 Å². The zero-order chi connectivity index (χ0) is 21.6. The first-order valence-corrected chi connectivity index (χ1v) is 11.3. The van der Waals surface area contributed by atoms with Gasteiger partial charge in [0.1, 0.15) is 6.10 Å². The second-order valence-corrected chi connectivity index (χ2v) is 9.93. The average Bonchev–Trinajstić information content (AvgIpc) is 2.76. The molecular formula is C25H30FN3O2. The first kappa shape index (κ1) is 20.4. The first-order valence-electron chi connectivity index (χ1n) is 11.3. The zero-order valence-corrected chi connectivity index (χ0v) is 18.2. The van der Waals surface area contributed by atoms with Gasteiger partial charge in [0.25, 0.3) is 0 Å². The van der Waals surface area contributed by atoms with Crippen molar-refractivity contribution >= 4 is 6.09 Å². The van der Waals surface area contributed by atoms with Crippen LogP contribution in [0.25, 0.3) is 11.1 Å². The van der Waals surface area contributed by atoms with E-state index < -0.39 is 5.95 Å². The molecule has 1 N–H and O–H groups in total. The summed E-state index contributed by atoms with van der Waals surface area (Å²) in [6.07, 6.45) is 5.29. The van der Waals surface area contributed by atoms with E-state index >= 15 is 0 Å². The number of rotatable bonds is 3. The number of nitrogens with one attached hydrogen (secondary N) is 1. The van der Waals surface area contributed by atoms with Gasteiger partial charge in [-0.05, 0) is 78.4 Å². The van der Waals surface area contributed by atoms with Crippen molar-refractivity contribution in [3.8, 4) is 11.1 Å². The maximum absolute atomic E-state index is 13.6. The average molecular weight is 424 g/mol. The second-order valence-electron chi connectivity index (χ2n) is 9.93. The van der Waals surface area contributed by atoms with Crippen LogP contribution in [0.1, 0.15) is 50.3 Å². The fourth-order valence-corrected chi connectivity index (χ4v) is 5.49. The summed E-state index contributed by atoms with van der Waals surface area (Å²) in [5.41, 5.74) is 4.02. The number of hydrogen-bond acceptors (Lipinski definition) is 4. The summed E-state index contributed by atoms with van der Waals surface area (Å²) in [5, 5.41) is 3.19. The molecule has 1 aliphatic carbocycles. The van der Waals surface area contributed by atoms with E-state index in [2.05, 4.69) is 41.2 Å². The van der Waals surface area contributed by atoms with Crippen LogP contribution in [0.5, 0.6) is 0 Å². The Hall–Kier alpha value is -2.47. The molecule has 31 heavy (non-hydrogen) atoms. The number of benzene rings is 1. The quantitative estimate of drug-likeness (QED) is 0.726. The third-order valence-electron chi connectivity index (χ3n) is 7.45. The Labute approximate surface area is 183 Å². The van der Waals surface area contributed by atoms with Crippen LogP contribution in [0.3, 0.4) is 0 Å². The van der Waals surface area contributed by atoms with Crippen molar-refractivity contribution in [1.29, 1.82) is 0 Å². The Bertz CT molecular complexity index is 984. The molecule has 3 fully saturated rings. The fourth-order valence-electron chi connectivity index (χ4n) is 5.49. The van der Waals surface area contributed by atoms with Crippen molar-refractivity contribution in [1.82, 2.24) is 15.2 Å². The number of aryl methyl sites for hydroxylation is 1. The van der Waals surface area contributed by atoms with E-state index in [1.807, 2.05) is 12.1 Å². The maximum atomic E-state index is 13.6. The largest absolute Gasteiger partial charge is 0.445 e. The van der Waals surface area contributed by atoms with Crippen molar-refractivity contribution in [2.24, 2.45) is 11.3 Å². The number of fused-ring (bicyclic) bond motifs is 4. The van der Waals surface area contributed by atoms with E-state index in [1.54, 1.807) is 0 Å². The number of carbonyl (C=O) groups excluding carboxylic acids is 1. The van der Waals surface area contributed by atoms with Crippen molar-refractivity contribution in [2.45, 2.75) is 51.7 Å². The zero-order valence-electron chi connectivity index (χ0n) is 18.2. The van der Waals surface area contributed by atoms with Gasteiger partial charge in [-0.25, -0.2) is 9.78 Å². The van der Waals surface area contributed by atoms with Gasteiger partial charge < -0.3 is 10.1 Å². The van der Waals surface area contributed by atoms with Crippen molar-refractivity contribution < 1.29 is 13.9 Å². The molecule has 2 atom stereocenters. The number of halogens is 1. The maximum Gasteiger partial charge on any atom is 0.407 e. The molecule has 164 valence electrons. The number of amides is 1. The molecule has 1 aromatic carbocycles. The van der Waals surface area contributed by atoms with Gasteiger partial charge in [0, 0.05) is 18.8 Å². The SMILES string of the molecule is CC1(C)CCc2cc(-c3ccnc(F)c3)ccc2C1NC(=O)O[C@@H]1CN2CCC1CC2. The minimum Gasteiger partial charge on any atom is -0.445 e. The number of nitrogens with zero attached hydrogens (tertiary/aromatic N) is 2. The smallest absolute Gasteiger partial charge is 0.407 e. The summed E-state index contributed by atoms with van der Waals surface area (Å²) in [6.45, 7) is 7.50. The van der Waals surface area contributed by atoms with Crippen LogP contribution in [0.4, 0.5) is 9.18 Å². The first-order chi connectivity index (χ1) is 14.9. The minimum atomic E-state index is -0.480. The number of piperidine rings is 3. The fraction of sp³-hybridized carbons (Fsp3) is 0.520. The molecule has 1 aromatic heterocycles. The van der Waals surface area contributed by atoms with Gasteiger partial charge in [-0.3, -0.25) is 4.90 Å². The van der Waals surface area contributed by atoms with Crippen LogP contribution in [-0.4, -0.2) is 41.7 Å². The normalized spacial score (nSPS) is 28.6. The standard InChI is InChI=1S/C25H30FN3O2/c1-25(2)9-5-19-13-17(18-6-10-27-22(26)14-18)3-4-20(19)23(25)28-24(30)31-21-15-29-11-7-16(21)8-12-29/h3-4,6,10,13-14,16,21,23H,5,7-9,11-12,15H2,1-2H3,(H,28,30)/t21-,23?/m1/s1. The Morgan fingerprint density at radius 2 is 1.97 bits per heavy atom. The molecule has 6 rings (SSSR count). The van der Waals surface area contributed by atoms with E-state index in [9.17, 15) is 9.18 Å². The lowest BCUT2D eigenvalue weighted by Gasteiger charge is -2.44. The van der Waals surface area contributed by atoms with Crippen LogP contribution in [0, 0.1) is 17.3 Å². The van der Waals surface area contributed by atoms with Gasteiger partial charge in [0.05, 0.1) is 6.04 Å². The van der Waals surface area contributed by atoms with Crippen LogP contribution < -0.4 is 5.32 Å². The van der Waals surface area contributed by atoms with Gasteiger partial charge in [0.2, 0.25) is 5.95 Å². The molecular weight excluding hydrogens is 393 g/mol. The number of aromatic nitrogens is 1. The Balaban J connectivity index is 1.35. The predicted octanol–water partition coefficient (Wildman–Crippen LogP) is 4.72.